The highest BCUT2D eigenvalue weighted by Gasteiger charge is 1.99. The van der Waals surface area contributed by atoms with E-state index < -0.39 is 0 Å². The standard InChI is InChI=1S/C19H32O2S2/c1-4-12-22-13-6-10-20-18-8-5-9-19(15-18)21-11-7-14-23-16-17(2)3/h5,8-9,15,17H,4,6-7,10-14,16H2,1-3H3. The first kappa shape index (κ1) is 20.6. The number of benzene rings is 1. The van der Waals surface area contributed by atoms with Crippen LogP contribution in [0.5, 0.6) is 11.5 Å². The zero-order valence-electron chi connectivity index (χ0n) is 14.9. The summed E-state index contributed by atoms with van der Waals surface area (Å²) in [6.45, 7) is 8.31. The molecule has 0 radical (unpaired) electrons. The molecular weight excluding hydrogens is 324 g/mol. The van der Waals surface area contributed by atoms with Gasteiger partial charge in [-0.1, -0.05) is 26.8 Å². The van der Waals surface area contributed by atoms with Crippen molar-refractivity contribution in [3.63, 3.8) is 0 Å². The predicted octanol–water partition coefficient (Wildman–Crippen LogP) is 5.76. The number of ether oxygens (including phenoxy) is 2. The van der Waals surface area contributed by atoms with E-state index in [1.54, 1.807) is 0 Å². The fraction of sp³-hybridized carbons (Fsp3) is 0.684. The van der Waals surface area contributed by atoms with Gasteiger partial charge in [0.25, 0.3) is 0 Å². The molecule has 0 aliphatic rings. The van der Waals surface area contributed by atoms with Crippen LogP contribution in [0.4, 0.5) is 0 Å². The minimum atomic E-state index is 0.773. The van der Waals surface area contributed by atoms with Gasteiger partial charge in [0.1, 0.15) is 11.5 Å². The molecule has 0 heterocycles. The lowest BCUT2D eigenvalue weighted by Crippen LogP contribution is -2.02. The van der Waals surface area contributed by atoms with Crippen LogP contribution >= 0.6 is 23.5 Å². The maximum atomic E-state index is 5.82. The van der Waals surface area contributed by atoms with Crippen LogP contribution in [0.15, 0.2) is 24.3 Å². The fourth-order valence-electron chi connectivity index (χ4n) is 1.92. The quantitative estimate of drug-likeness (QED) is 0.394. The average molecular weight is 357 g/mol. The van der Waals surface area contributed by atoms with Crippen molar-refractivity contribution in [3.05, 3.63) is 24.3 Å². The Morgan fingerprint density at radius 3 is 2.09 bits per heavy atom. The summed E-state index contributed by atoms with van der Waals surface area (Å²) in [5.74, 6) is 7.43. The molecule has 0 fully saturated rings. The molecule has 0 atom stereocenters. The van der Waals surface area contributed by atoms with E-state index in [2.05, 4.69) is 20.8 Å². The Morgan fingerprint density at radius 1 is 0.913 bits per heavy atom. The predicted molar refractivity (Wildman–Crippen MR) is 106 cm³/mol. The fourth-order valence-corrected chi connectivity index (χ4v) is 3.70. The highest BCUT2D eigenvalue weighted by molar-refractivity contribution is 7.99. The van der Waals surface area contributed by atoms with Gasteiger partial charge in [0.05, 0.1) is 13.2 Å². The lowest BCUT2D eigenvalue weighted by molar-refractivity contribution is 0.303. The molecule has 0 saturated carbocycles. The molecule has 4 heteroatoms. The van der Waals surface area contributed by atoms with E-state index in [0.717, 1.165) is 43.5 Å². The van der Waals surface area contributed by atoms with Gasteiger partial charge in [-0.25, -0.2) is 0 Å². The molecule has 0 unspecified atom stereocenters. The molecule has 0 N–H and O–H groups in total. The van der Waals surface area contributed by atoms with Gasteiger partial charge in [0.2, 0.25) is 0 Å². The zero-order valence-corrected chi connectivity index (χ0v) is 16.5. The monoisotopic (exact) mass is 356 g/mol. The summed E-state index contributed by atoms with van der Waals surface area (Å²) < 4.78 is 11.6. The molecule has 2 nitrogen and oxygen atoms in total. The second-order valence-electron chi connectivity index (χ2n) is 5.96. The van der Waals surface area contributed by atoms with Crippen molar-refractivity contribution in [2.45, 2.75) is 40.0 Å². The van der Waals surface area contributed by atoms with Crippen molar-refractivity contribution < 1.29 is 9.47 Å². The first-order chi connectivity index (χ1) is 11.2. The maximum absolute atomic E-state index is 5.82. The van der Waals surface area contributed by atoms with Gasteiger partial charge in [-0.3, -0.25) is 0 Å². The van der Waals surface area contributed by atoms with Crippen molar-refractivity contribution in [1.82, 2.24) is 0 Å². The summed E-state index contributed by atoms with van der Waals surface area (Å²) in [6, 6.07) is 8.01. The van der Waals surface area contributed by atoms with Gasteiger partial charge in [-0.2, -0.15) is 23.5 Å². The molecule has 0 aromatic heterocycles. The molecular formula is C19H32O2S2. The minimum absolute atomic E-state index is 0.773. The van der Waals surface area contributed by atoms with Crippen molar-refractivity contribution in [3.8, 4) is 11.5 Å². The van der Waals surface area contributed by atoms with E-state index in [9.17, 15) is 0 Å². The van der Waals surface area contributed by atoms with Gasteiger partial charge in [-0.05, 0) is 60.3 Å². The first-order valence-corrected chi connectivity index (χ1v) is 11.0. The van der Waals surface area contributed by atoms with Crippen LogP contribution in [0, 0.1) is 5.92 Å². The van der Waals surface area contributed by atoms with Crippen molar-refractivity contribution in [1.29, 1.82) is 0 Å². The highest BCUT2D eigenvalue weighted by atomic mass is 32.2. The third kappa shape index (κ3) is 11.7. The van der Waals surface area contributed by atoms with Gasteiger partial charge in [0, 0.05) is 6.07 Å². The van der Waals surface area contributed by atoms with Crippen LogP contribution in [0.3, 0.4) is 0 Å². The molecule has 1 aromatic rings. The number of hydrogen-bond acceptors (Lipinski definition) is 4. The summed E-state index contributed by atoms with van der Waals surface area (Å²) in [4.78, 5) is 0. The van der Waals surface area contributed by atoms with E-state index >= 15 is 0 Å². The minimum Gasteiger partial charge on any atom is -0.493 e. The van der Waals surface area contributed by atoms with Crippen LogP contribution in [-0.2, 0) is 0 Å². The van der Waals surface area contributed by atoms with Crippen molar-refractivity contribution in [2.75, 3.05) is 36.2 Å². The molecule has 0 aliphatic heterocycles. The van der Waals surface area contributed by atoms with Crippen LogP contribution in [0.25, 0.3) is 0 Å². The van der Waals surface area contributed by atoms with Gasteiger partial charge in [-0.15, -0.1) is 0 Å². The van der Waals surface area contributed by atoms with Crippen LogP contribution in [-0.4, -0.2) is 36.2 Å². The van der Waals surface area contributed by atoms with Gasteiger partial charge in [0.15, 0.2) is 0 Å². The van der Waals surface area contributed by atoms with E-state index in [1.807, 2.05) is 47.8 Å². The smallest absolute Gasteiger partial charge is 0.122 e. The Labute approximate surface area is 151 Å². The summed E-state index contributed by atoms with van der Waals surface area (Å²) in [6.07, 6.45) is 3.45. The number of rotatable bonds is 14. The molecule has 0 saturated heterocycles. The number of hydrogen-bond donors (Lipinski definition) is 0. The molecule has 0 aliphatic carbocycles. The molecule has 23 heavy (non-hydrogen) atoms. The van der Waals surface area contributed by atoms with E-state index in [1.165, 1.54) is 29.4 Å². The summed E-state index contributed by atoms with van der Waals surface area (Å²) >= 11 is 4.02. The normalized spacial score (nSPS) is 11.0. The highest BCUT2D eigenvalue weighted by Crippen LogP contribution is 2.20. The Bertz CT molecular complexity index is 397. The molecule has 0 amide bonds. The largest absolute Gasteiger partial charge is 0.493 e. The molecule has 132 valence electrons. The van der Waals surface area contributed by atoms with Crippen molar-refractivity contribution in [2.24, 2.45) is 5.92 Å². The number of thioether (sulfide) groups is 2. The van der Waals surface area contributed by atoms with Gasteiger partial charge >= 0.3 is 0 Å². The molecule has 0 bridgehead atoms. The zero-order chi connectivity index (χ0) is 16.8. The van der Waals surface area contributed by atoms with Crippen molar-refractivity contribution >= 4 is 23.5 Å². The topological polar surface area (TPSA) is 18.5 Å². The summed E-state index contributed by atoms with van der Waals surface area (Å²) in [5, 5.41) is 0. The average Bonchev–Trinajstić information content (AvgIpc) is 2.54. The molecule has 0 spiro atoms. The Balaban J connectivity index is 2.12. The lowest BCUT2D eigenvalue weighted by atomic mass is 10.3. The van der Waals surface area contributed by atoms with Crippen LogP contribution < -0.4 is 9.47 Å². The Morgan fingerprint density at radius 2 is 1.52 bits per heavy atom. The molecule has 1 rings (SSSR count). The van der Waals surface area contributed by atoms with Gasteiger partial charge < -0.3 is 9.47 Å². The second kappa shape index (κ2) is 13.9. The van der Waals surface area contributed by atoms with E-state index in [0.29, 0.717) is 0 Å². The Hall–Kier alpha value is -0.480. The third-order valence-electron chi connectivity index (χ3n) is 3.01. The Kier molecular flexibility index (Phi) is 12.4. The first-order valence-electron chi connectivity index (χ1n) is 8.73. The second-order valence-corrected chi connectivity index (χ2v) is 8.33. The van der Waals surface area contributed by atoms with Crippen LogP contribution in [0.2, 0.25) is 0 Å². The lowest BCUT2D eigenvalue weighted by Gasteiger charge is -2.10. The SMILES string of the molecule is CCCSCCCOc1cccc(OCCCSCC(C)C)c1. The summed E-state index contributed by atoms with van der Waals surface area (Å²) in [7, 11) is 0. The summed E-state index contributed by atoms with van der Waals surface area (Å²) in [5.41, 5.74) is 0. The van der Waals surface area contributed by atoms with E-state index in [-0.39, 0.29) is 0 Å². The molecule has 1 aromatic carbocycles. The van der Waals surface area contributed by atoms with Crippen LogP contribution in [0.1, 0.15) is 40.0 Å². The van der Waals surface area contributed by atoms with E-state index in [4.69, 9.17) is 9.47 Å². The third-order valence-corrected chi connectivity index (χ3v) is 5.76. The maximum Gasteiger partial charge on any atom is 0.122 e.